The van der Waals surface area contributed by atoms with E-state index in [4.69, 9.17) is 11.5 Å². The van der Waals surface area contributed by atoms with Crippen molar-refractivity contribution in [3.63, 3.8) is 0 Å². The summed E-state index contributed by atoms with van der Waals surface area (Å²) in [5, 5.41) is 13.6. The number of Topliss-reactive ketones (excluding diaryl/α,β-unsaturated/α-hetero) is 1. The number of carbonyl (C=O) groups excluding carboxylic acids is 3. The summed E-state index contributed by atoms with van der Waals surface area (Å²) in [5.74, 6) is -1.07. The molecule has 25 heavy (non-hydrogen) atoms. The van der Waals surface area contributed by atoms with E-state index in [0.29, 0.717) is 6.54 Å². The summed E-state index contributed by atoms with van der Waals surface area (Å²) in [5.41, 5.74) is 11.6. The maximum absolute atomic E-state index is 11.9. The third kappa shape index (κ3) is 5.77. The van der Waals surface area contributed by atoms with E-state index in [-0.39, 0.29) is 18.7 Å². The second-order valence-electron chi connectivity index (χ2n) is 5.24. The molecule has 0 spiro atoms. The van der Waals surface area contributed by atoms with Gasteiger partial charge in [-0.15, -0.1) is 10.2 Å². The summed E-state index contributed by atoms with van der Waals surface area (Å²) < 4.78 is 0. The van der Waals surface area contributed by atoms with Crippen LogP contribution in [0, 0.1) is 6.42 Å². The maximum atomic E-state index is 11.9. The lowest BCUT2D eigenvalue weighted by Crippen LogP contribution is -2.32. The standard InChI is InChI=1S/C15H18N7O3/c16-11(6-7-13(17)24)12(23)8-14-19-21-22(20-14)15(25)18-9-10-4-2-1-3-5-10/h1-5,8,11H,6-7,9,16H2,(H2,17,24)(H,18,25)/t11-/m0/s1. The topological polar surface area (TPSA) is 159 Å². The van der Waals surface area contributed by atoms with Crippen LogP contribution in [0.15, 0.2) is 30.3 Å². The minimum absolute atomic E-state index is 0.00274. The Morgan fingerprint density at radius 1 is 1.24 bits per heavy atom. The second-order valence-corrected chi connectivity index (χ2v) is 5.24. The molecular weight excluding hydrogens is 326 g/mol. The molecule has 0 aliphatic heterocycles. The highest BCUT2D eigenvalue weighted by Crippen LogP contribution is 2.02. The maximum Gasteiger partial charge on any atom is 0.361 e. The molecule has 0 unspecified atom stereocenters. The van der Waals surface area contributed by atoms with Crippen LogP contribution < -0.4 is 16.8 Å². The van der Waals surface area contributed by atoms with Crippen LogP contribution in [0.1, 0.15) is 24.2 Å². The van der Waals surface area contributed by atoms with Crippen molar-refractivity contribution in [2.75, 3.05) is 0 Å². The van der Waals surface area contributed by atoms with Gasteiger partial charge in [0.05, 0.1) is 6.04 Å². The van der Waals surface area contributed by atoms with E-state index in [1.165, 1.54) is 0 Å². The van der Waals surface area contributed by atoms with Crippen LogP contribution in [0.25, 0.3) is 0 Å². The molecule has 131 valence electrons. The van der Waals surface area contributed by atoms with Gasteiger partial charge in [-0.2, -0.15) is 0 Å². The van der Waals surface area contributed by atoms with E-state index in [0.717, 1.165) is 16.8 Å². The molecule has 1 radical (unpaired) electrons. The van der Waals surface area contributed by atoms with Gasteiger partial charge < -0.3 is 16.8 Å². The first-order valence-corrected chi connectivity index (χ1v) is 7.50. The zero-order chi connectivity index (χ0) is 18.2. The summed E-state index contributed by atoms with van der Waals surface area (Å²) in [7, 11) is 0. The van der Waals surface area contributed by atoms with E-state index in [1.807, 2.05) is 30.3 Å². The molecule has 2 aromatic rings. The zero-order valence-electron chi connectivity index (χ0n) is 13.3. The molecule has 1 atom stereocenters. The number of hydrogen-bond acceptors (Lipinski definition) is 7. The largest absolute Gasteiger partial charge is 0.370 e. The number of hydrogen-bond donors (Lipinski definition) is 3. The van der Waals surface area contributed by atoms with Gasteiger partial charge >= 0.3 is 6.03 Å². The lowest BCUT2D eigenvalue weighted by Gasteiger charge is -2.06. The van der Waals surface area contributed by atoms with Crippen molar-refractivity contribution in [3.05, 3.63) is 48.1 Å². The van der Waals surface area contributed by atoms with Crippen LogP contribution in [0.4, 0.5) is 4.79 Å². The molecule has 10 heteroatoms. The smallest absolute Gasteiger partial charge is 0.361 e. The summed E-state index contributed by atoms with van der Waals surface area (Å²) in [4.78, 5) is 35.2. The highest BCUT2D eigenvalue weighted by molar-refractivity contribution is 5.94. The van der Waals surface area contributed by atoms with Crippen LogP contribution in [-0.4, -0.2) is 44.0 Å². The molecule has 2 amide bonds. The van der Waals surface area contributed by atoms with Gasteiger partial charge in [0.2, 0.25) is 5.91 Å². The fourth-order valence-corrected chi connectivity index (χ4v) is 1.89. The summed E-state index contributed by atoms with van der Waals surface area (Å²) in [6, 6.07) is 7.83. The monoisotopic (exact) mass is 344 g/mol. The van der Waals surface area contributed by atoms with Crippen LogP contribution in [0.2, 0.25) is 0 Å². The van der Waals surface area contributed by atoms with Crippen molar-refractivity contribution in [1.82, 2.24) is 25.5 Å². The number of amides is 2. The first-order valence-electron chi connectivity index (χ1n) is 7.50. The normalized spacial score (nSPS) is 11.7. The number of aromatic nitrogens is 4. The number of tetrazole rings is 1. The van der Waals surface area contributed by atoms with Crippen LogP contribution in [-0.2, 0) is 16.1 Å². The molecule has 2 rings (SSSR count). The second kappa shape index (κ2) is 8.64. The highest BCUT2D eigenvalue weighted by Gasteiger charge is 2.19. The van der Waals surface area contributed by atoms with Gasteiger partial charge in [-0.25, -0.2) is 4.79 Å². The molecule has 1 heterocycles. The first-order chi connectivity index (χ1) is 12.0. The predicted octanol–water partition coefficient (Wildman–Crippen LogP) is -0.855. The van der Waals surface area contributed by atoms with Gasteiger partial charge in [0, 0.05) is 13.0 Å². The van der Waals surface area contributed by atoms with Gasteiger partial charge in [0.25, 0.3) is 0 Å². The summed E-state index contributed by atoms with van der Waals surface area (Å²) in [6.07, 6.45) is 1.19. The van der Waals surface area contributed by atoms with Crippen molar-refractivity contribution in [3.8, 4) is 0 Å². The Balaban J connectivity index is 1.85. The molecule has 0 bridgehead atoms. The van der Waals surface area contributed by atoms with E-state index >= 15 is 0 Å². The van der Waals surface area contributed by atoms with Crippen molar-refractivity contribution < 1.29 is 14.4 Å². The molecule has 0 aliphatic carbocycles. The minimum atomic E-state index is -0.897. The van der Waals surface area contributed by atoms with Crippen molar-refractivity contribution in [1.29, 1.82) is 0 Å². The molecule has 1 aromatic carbocycles. The van der Waals surface area contributed by atoms with Gasteiger partial charge in [-0.3, -0.25) is 9.59 Å². The lowest BCUT2D eigenvalue weighted by atomic mass is 10.1. The van der Waals surface area contributed by atoms with Crippen LogP contribution in [0.3, 0.4) is 0 Å². The van der Waals surface area contributed by atoms with Gasteiger partial charge in [0.1, 0.15) is 6.42 Å². The highest BCUT2D eigenvalue weighted by atomic mass is 16.2. The van der Waals surface area contributed by atoms with Crippen molar-refractivity contribution >= 4 is 17.7 Å². The average Bonchev–Trinajstić information content (AvgIpc) is 3.07. The zero-order valence-corrected chi connectivity index (χ0v) is 13.3. The van der Waals surface area contributed by atoms with Crippen molar-refractivity contribution in [2.45, 2.75) is 25.4 Å². The number of nitrogens with one attached hydrogen (secondary N) is 1. The molecule has 0 fully saturated rings. The third-order valence-corrected chi connectivity index (χ3v) is 3.24. The Morgan fingerprint density at radius 2 is 1.96 bits per heavy atom. The van der Waals surface area contributed by atoms with Gasteiger partial charge in [-0.1, -0.05) is 35.1 Å². The summed E-state index contributed by atoms with van der Waals surface area (Å²) in [6.45, 7) is 0.303. The Labute approximate surface area is 143 Å². The Kier molecular flexibility index (Phi) is 6.29. The van der Waals surface area contributed by atoms with Crippen LogP contribution >= 0.6 is 0 Å². The SMILES string of the molecule is NC(=O)CC[C@H](N)C(=O)[CH]c1nnn(C(=O)NCc2ccccc2)n1. The lowest BCUT2D eigenvalue weighted by molar-refractivity contribution is -0.119. The van der Waals surface area contributed by atoms with Crippen molar-refractivity contribution in [2.24, 2.45) is 11.5 Å². The average molecular weight is 344 g/mol. The third-order valence-electron chi connectivity index (χ3n) is 3.24. The molecule has 10 nitrogen and oxygen atoms in total. The number of rotatable bonds is 8. The quantitative estimate of drug-likeness (QED) is 0.562. The predicted molar refractivity (Wildman–Crippen MR) is 86.7 cm³/mol. The fraction of sp³-hybridized carbons (Fsp3) is 0.267. The number of nitrogens with two attached hydrogens (primary N) is 2. The number of primary amides is 1. The Bertz CT molecular complexity index is 745. The van der Waals surface area contributed by atoms with Crippen LogP contribution in [0.5, 0.6) is 0 Å². The molecule has 0 saturated heterocycles. The number of ketones is 1. The van der Waals surface area contributed by atoms with E-state index < -0.39 is 23.8 Å². The molecule has 1 aromatic heterocycles. The summed E-state index contributed by atoms with van der Waals surface area (Å²) >= 11 is 0. The number of benzene rings is 1. The van der Waals surface area contributed by atoms with E-state index in [1.54, 1.807) is 0 Å². The minimum Gasteiger partial charge on any atom is -0.370 e. The molecule has 0 saturated carbocycles. The molecule has 0 aliphatic rings. The first kappa shape index (κ1) is 18.2. The Hall–Kier alpha value is -3.14. The van der Waals surface area contributed by atoms with E-state index in [9.17, 15) is 14.4 Å². The number of nitrogens with zero attached hydrogens (tertiary/aromatic N) is 4. The molecular formula is C15H18N7O3. The van der Waals surface area contributed by atoms with Gasteiger partial charge in [0.15, 0.2) is 11.6 Å². The van der Waals surface area contributed by atoms with Gasteiger partial charge in [-0.05, 0) is 17.2 Å². The number of carbonyl (C=O) groups is 3. The molecule has 5 N–H and O–H groups in total. The Morgan fingerprint density at radius 3 is 2.64 bits per heavy atom. The van der Waals surface area contributed by atoms with E-state index in [2.05, 4.69) is 20.7 Å². The fourth-order valence-electron chi connectivity index (χ4n) is 1.89.